The van der Waals surface area contributed by atoms with E-state index in [9.17, 15) is 0 Å². The fraction of sp³-hybridized carbons (Fsp3) is 0.214. The molecule has 88 valence electrons. The SMILES string of the molecule is Cc1ccncc1C(N)Cc1ccccc1Cl. The van der Waals surface area contributed by atoms with Gasteiger partial charge in [-0.25, -0.2) is 0 Å². The van der Waals surface area contributed by atoms with E-state index in [2.05, 4.69) is 4.98 Å². The largest absolute Gasteiger partial charge is 0.324 e. The summed E-state index contributed by atoms with van der Waals surface area (Å²) in [6, 6.07) is 9.70. The van der Waals surface area contributed by atoms with Gasteiger partial charge in [-0.2, -0.15) is 0 Å². The zero-order chi connectivity index (χ0) is 12.3. The third kappa shape index (κ3) is 2.84. The molecule has 0 fully saturated rings. The Hall–Kier alpha value is -1.38. The first kappa shape index (κ1) is 12.1. The Labute approximate surface area is 106 Å². The lowest BCUT2D eigenvalue weighted by atomic mass is 9.98. The summed E-state index contributed by atoms with van der Waals surface area (Å²) < 4.78 is 0. The van der Waals surface area contributed by atoms with Gasteiger partial charge in [0.05, 0.1) is 0 Å². The Morgan fingerprint density at radius 1 is 1.29 bits per heavy atom. The fourth-order valence-electron chi connectivity index (χ4n) is 1.88. The summed E-state index contributed by atoms with van der Waals surface area (Å²) in [7, 11) is 0. The van der Waals surface area contributed by atoms with Crippen LogP contribution in [0.4, 0.5) is 0 Å². The van der Waals surface area contributed by atoms with Crippen LogP contribution in [-0.2, 0) is 6.42 Å². The highest BCUT2D eigenvalue weighted by Gasteiger charge is 2.11. The number of aryl methyl sites for hydroxylation is 1. The summed E-state index contributed by atoms with van der Waals surface area (Å²) in [6.45, 7) is 2.05. The second-order valence-electron chi connectivity index (χ2n) is 4.13. The van der Waals surface area contributed by atoms with Crippen molar-refractivity contribution in [2.45, 2.75) is 19.4 Å². The van der Waals surface area contributed by atoms with E-state index >= 15 is 0 Å². The van der Waals surface area contributed by atoms with Crippen molar-refractivity contribution in [3.8, 4) is 0 Å². The maximum atomic E-state index is 6.20. The van der Waals surface area contributed by atoms with E-state index in [0.717, 1.165) is 22.6 Å². The molecule has 0 saturated heterocycles. The number of pyridine rings is 1. The van der Waals surface area contributed by atoms with Crippen LogP contribution in [0.25, 0.3) is 0 Å². The van der Waals surface area contributed by atoms with Gasteiger partial charge >= 0.3 is 0 Å². The van der Waals surface area contributed by atoms with Crippen molar-refractivity contribution in [1.82, 2.24) is 4.98 Å². The Kier molecular flexibility index (Phi) is 3.77. The van der Waals surface area contributed by atoms with Crippen LogP contribution >= 0.6 is 11.6 Å². The zero-order valence-electron chi connectivity index (χ0n) is 9.73. The second-order valence-corrected chi connectivity index (χ2v) is 4.54. The van der Waals surface area contributed by atoms with Crippen LogP contribution in [0, 0.1) is 6.92 Å². The lowest BCUT2D eigenvalue weighted by Crippen LogP contribution is -2.15. The van der Waals surface area contributed by atoms with Crippen molar-refractivity contribution in [3.05, 3.63) is 64.4 Å². The summed E-state index contributed by atoms with van der Waals surface area (Å²) >= 11 is 6.12. The molecule has 1 aromatic carbocycles. The van der Waals surface area contributed by atoms with Crippen LogP contribution in [-0.4, -0.2) is 4.98 Å². The molecule has 0 bridgehead atoms. The predicted molar refractivity (Wildman–Crippen MR) is 71.1 cm³/mol. The lowest BCUT2D eigenvalue weighted by Gasteiger charge is -2.14. The molecule has 1 aromatic heterocycles. The van der Waals surface area contributed by atoms with Crippen LogP contribution in [0.2, 0.25) is 5.02 Å². The molecule has 2 aromatic rings. The van der Waals surface area contributed by atoms with Gasteiger partial charge in [0.1, 0.15) is 0 Å². The average molecular weight is 247 g/mol. The maximum absolute atomic E-state index is 6.20. The standard InChI is InChI=1S/C14H15ClN2/c1-10-6-7-17-9-12(10)14(16)8-11-4-2-3-5-13(11)15/h2-7,9,14H,8,16H2,1H3. The Bertz CT molecular complexity index is 511. The van der Waals surface area contributed by atoms with Crippen LogP contribution in [0.15, 0.2) is 42.7 Å². The maximum Gasteiger partial charge on any atom is 0.0438 e. The molecular weight excluding hydrogens is 232 g/mol. The number of nitrogens with two attached hydrogens (primary N) is 1. The molecule has 0 spiro atoms. The van der Waals surface area contributed by atoms with E-state index in [4.69, 9.17) is 17.3 Å². The smallest absolute Gasteiger partial charge is 0.0438 e. The number of halogens is 1. The lowest BCUT2D eigenvalue weighted by molar-refractivity contribution is 0.712. The first-order valence-electron chi connectivity index (χ1n) is 5.58. The monoisotopic (exact) mass is 246 g/mol. The number of rotatable bonds is 3. The minimum atomic E-state index is -0.0661. The molecule has 0 amide bonds. The molecule has 0 aliphatic rings. The molecule has 1 unspecified atom stereocenters. The van der Waals surface area contributed by atoms with Gasteiger partial charge in [-0.1, -0.05) is 29.8 Å². The first-order valence-corrected chi connectivity index (χ1v) is 5.96. The molecule has 1 heterocycles. The van der Waals surface area contributed by atoms with Gasteiger partial charge in [0, 0.05) is 23.5 Å². The molecule has 2 rings (SSSR count). The average Bonchev–Trinajstić information content (AvgIpc) is 2.32. The van der Waals surface area contributed by atoms with Gasteiger partial charge in [-0.05, 0) is 42.2 Å². The predicted octanol–water partition coefficient (Wildman–Crippen LogP) is 3.29. The molecule has 0 saturated carbocycles. The quantitative estimate of drug-likeness (QED) is 0.903. The third-order valence-corrected chi connectivity index (χ3v) is 3.25. The Morgan fingerprint density at radius 2 is 2.06 bits per heavy atom. The van der Waals surface area contributed by atoms with Crippen LogP contribution in [0.1, 0.15) is 22.7 Å². The zero-order valence-corrected chi connectivity index (χ0v) is 10.5. The van der Waals surface area contributed by atoms with Crippen molar-refractivity contribution < 1.29 is 0 Å². The van der Waals surface area contributed by atoms with Crippen molar-refractivity contribution >= 4 is 11.6 Å². The summed E-state index contributed by atoms with van der Waals surface area (Å²) in [5.74, 6) is 0. The fourth-order valence-corrected chi connectivity index (χ4v) is 2.09. The highest BCUT2D eigenvalue weighted by Crippen LogP contribution is 2.23. The Balaban J connectivity index is 2.20. The summed E-state index contributed by atoms with van der Waals surface area (Å²) in [5, 5.41) is 0.768. The van der Waals surface area contributed by atoms with Crippen molar-refractivity contribution in [1.29, 1.82) is 0 Å². The van der Waals surface area contributed by atoms with Gasteiger partial charge in [-0.3, -0.25) is 4.98 Å². The van der Waals surface area contributed by atoms with Gasteiger partial charge in [0.25, 0.3) is 0 Å². The van der Waals surface area contributed by atoms with Gasteiger partial charge < -0.3 is 5.73 Å². The number of nitrogens with zero attached hydrogens (tertiary/aromatic N) is 1. The van der Waals surface area contributed by atoms with Crippen molar-refractivity contribution in [2.24, 2.45) is 5.73 Å². The molecule has 2 nitrogen and oxygen atoms in total. The molecular formula is C14H15ClN2. The van der Waals surface area contributed by atoms with E-state index in [1.807, 2.05) is 43.5 Å². The highest BCUT2D eigenvalue weighted by molar-refractivity contribution is 6.31. The minimum Gasteiger partial charge on any atom is -0.324 e. The van der Waals surface area contributed by atoms with E-state index in [-0.39, 0.29) is 6.04 Å². The third-order valence-electron chi connectivity index (χ3n) is 2.88. The van der Waals surface area contributed by atoms with Crippen LogP contribution in [0.5, 0.6) is 0 Å². The van der Waals surface area contributed by atoms with Crippen molar-refractivity contribution in [2.75, 3.05) is 0 Å². The number of aromatic nitrogens is 1. The molecule has 0 radical (unpaired) electrons. The van der Waals surface area contributed by atoms with Gasteiger partial charge in [-0.15, -0.1) is 0 Å². The second kappa shape index (κ2) is 5.30. The van der Waals surface area contributed by atoms with E-state index < -0.39 is 0 Å². The van der Waals surface area contributed by atoms with Crippen LogP contribution < -0.4 is 5.73 Å². The number of benzene rings is 1. The number of hydrogen-bond acceptors (Lipinski definition) is 2. The summed E-state index contributed by atoms with van der Waals surface area (Å²) in [4.78, 5) is 4.12. The molecule has 0 aliphatic carbocycles. The van der Waals surface area contributed by atoms with E-state index in [0.29, 0.717) is 0 Å². The van der Waals surface area contributed by atoms with Gasteiger partial charge in [0.15, 0.2) is 0 Å². The minimum absolute atomic E-state index is 0.0661. The Morgan fingerprint density at radius 3 is 2.76 bits per heavy atom. The molecule has 17 heavy (non-hydrogen) atoms. The number of hydrogen-bond donors (Lipinski definition) is 1. The van der Waals surface area contributed by atoms with E-state index in [1.54, 1.807) is 6.20 Å². The normalized spacial score (nSPS) is 12.4. The first-order chi connectivity index (χ1) is 8.18. The molecule has 3 heteroatoms. The van der Waals surface area contributed by atoms with E-state index in [1.165, 1.54) is 5.56 Å². The topological polar surface area (TPSA) is 38.9 Å². The van der Waals surface area contributed by atoms with Gasteiger partial charge in [0.2, 0.25) is 0 Å². The summed E-state index contributed by atoms with van der Waals surface area (Å²) in [5.41, 5.74) is 9.51. The molecule has 1 atom stereocenters. The molecule has 2 N–H and O–H groups in total. The highest BCUT2D eigenvalue weighted by atomic mass is 35.5. The summed E-state index contributed by atoms with van der Waals surface area (Å²) in [6.07, 6.45) is 4.34. The van der Waals surface area contributed by atoms with Crippen molar-refractivity contribution in [3.63, 3.8) is 0 Å². The molecule has 0 aliphatic heterocycles. The van der Waals surface area contributed by atoms with Crippen LogP contribution in [0.3, 0.4) is 0 Å².